The fourth-order valence-corrected chi connectivity index (χ4v) is 3.49. The van der Waals surface area contributed by atoms with Crippen molar-refractivity contribution in [2.75, 3.05) is 6.54 Å². The minimum Gasteiger partial charge on any atom is -0.361 e. The lowest BCUT2D eigenvalue weighted by Gasteiger charge is -2.34. The van der Waals surface area contributed by atoms with Crippen molar-refractivity contribution in [1.82, 2.24) is 19.8 Å². The zero-order valence-corrected chi connectivity index (χ0v) is 14.2. The molecule has 3 aromatic rings. The fourth-order valence-electron chi connectivity index (χ4n) is 3.49. The van der Waals surface area contributed by atoms with E-state index in [-0.39, 0.29) is 11.9 Å². The minimum atomic E-state index is -0.257. The molecule has 4 rings (SSSR count). The van der Waals surface area contributed by atoms with Gasteiger partial charge < -0.3 is 4.52 Å². The molecule has 1 fully saturated rings. The molecular weight excluding hydrogens is 319 g/mol. The van der Waals surface area contributed by atoms with Crippen LogP contribution in [0.3, 0.4) is 0 Å². The van der Waals surface area contributed by atoms with Crippen LogP contribution in [0.1, 0.15) is 42.3 Å². The number of aromatic nitrogens is 3. The maximum Gasteiger partial charge on any atom is 0.133 e. The number of rotatable bonds is 4. The molecule has 0 saturated carbocycles. The minimum absolute atomic E-state index is 0.257. The Bertz CT molecular complexity index is 856. The Morgan fingerprint density at radius 1 is 1.28 bits per heavy atom. The lowest BCUT2D eigenvalue weighted by molar-refractivity contribution is 0.134. The van der Waals surface area contributed by atoms with Crippen LogP contribution in [0.2, 0.25) is 0 Å². The Morgan fingerprint density at radius 2 is 2.20 bits per heavy atom. The number of benzene rings is 1. The molecule has 1 aliphatic rings. The fraction of sp³-hybridized carbons (Fsp3) is 0.368. The second-order valence-corrected chi connectivity index (χ2v) is 6.62. The standard InChI is InChI=1S/C19H21FN4O/c1-14-9-18(22-25-14)19-7-2-3-8-23(19)12-15-11-21-24(13-15)17-6-4-5-16(20)10-17/h4-6,9-11,13,19H,2-3,7-8,12H2,1H3/t19-/m1/s1. The summed E-state index contributed by atoms with van der Waals surface area (Å²) in [6.07, 6.45) is 7.30. The molecule has 0 N–H and O–H groups in total. The molecule has 6 heteroatoms. The highest BCUT2D eigenvalue weighted by Crippen LogP contribution is 2.31. The van der Waals surface area contributed by atoms with Crippen molar-refractivity contribution < 1.29 is 8.91 Å². The lowest BCUT2D eigenvalue weighted by Crippen LogP contribution is -2.33. The Balaban J connectivity index is 1.52. The third-order valence-corrected chi connectivity index (χ3v) is 4.70. The summed E-state index contributed by atoms with van der Waals surface area (Å²) in [5.41, 5.74) is 2.85. The predicted molar refractivity (Wildman–Crippen MR) is 91.8 cm³/mol. The van der Waals surface area contributed by atoms with Crippen molar-refractivity contribution in [2.24, 2.45) is 0 Å². The predicted octanol–water partition coefficient (Wildman–Crippen LogP) is 4.04. The number of aryl methyl sites for hydroxylation is 1. The molecule has 3 heterocycles. The van der Waals surface area contributed by atoms with Crippen LogP contribution in [0.25, 0.3) is 5.69 Å². The number of piperidine rings is 1. The summed E-state index contributed by atoms with van der Waals surface area (Å²) >= 11 is 0. The monoisotopic (exact) mass is 340 g/mol. The van der Waals surface area contributed by atoms with Gasteiger partial charge in [0.25, 0.3) is 0 Å². The lowest BCUT2D eigenvalue weighted by atomic mass is 9.98. The maximum atomic E-state index is 13.4. The van der Waals surface area contributed by atoms with Crippen molar-refractivity contribution in [3.8, 4) is 5.69 Å². The van der Waals surface area contributed by atoms with Gasteiger partial charge in [-0.2, -0.15) is 5.10 Å². The molecule has 1 atom stereocenters. The van der Waals surface area contributed by atoms with E-state index >= 15 is 0 Å². The molecule has 1 aliphatic heterocycles. The molecule has 2 aromatic heterocycles. The molecule has 0 unspecified atom stereocenters. The van der Waals surface area contributed by atoms with E-state index in [1.165, 1.54) is 25.0 Å². The smallest absolute Gasteiger partial charge is 0.133 e. The van der Waals surface area contributed by atoms with Crippen LogP contribution in [0, 0.1) is 12.7 Å². The van der Waals surface area contributed by atoms with E-state index < -0.39 is 0 Å². The molecular formula is C19H21FN4O. The first kappa shape index (κ1) is 16.0. The highest BCUT2D eigenvalue weighted by Gasteiger charge is 2.26. The van der Waals surface area contributed by atoms with Crippen LogP contribution < -0.4 is 0 Å². The topological polar surface area (TPSA) is 47.1 Å². The van der Waals surface area contributed by atoms with Gasteiger partial charge in [-0.15, -0.1) is 0 Å². The second kappa shape index (κ2) is 6.80. The SMILES string of the molecule is Cc1cc([C@H]2CCCCN2Cc2cnn(-c3cccc(F)c3)c2)no1. The van der Waals surface area contributed by atoms with Crippen molar-refractivity contribution in [3.63, 3.8) is 0 Å². The molecule has 0 radical (unpaired) electrons. The van der Waals surface area contributed by atoms with Crippen molar-refractivity contribution in [2.45, 2.75) is 38.8 Å². The third kappa shape index (κ3) is 3.49. The average molecular weight is 340 g/mol. The summed E-state index contributed by atoms with van der Waals surface area (Å²) in [5, 5.41) is 8.60. The van der Waals surface area contributed by atoms with E-state index in [1.54, 1.807) is 10.7 Å². The molecule has 0 bridgehead atoms. The Labute approximate surface area is 146 Å². The van der Waals surface area contributed by atoms with Crippen LogP contribution in [-0.4, -0.2) is 26.4 Å². The van der Waals surface area contributed by atoms with Crippen molar-refractivity contribution >= 4 is 0 Å². The molecule has 0 amide bonds. The van der Waals surface area contributed by atoms with E-state index in [9.17, 15) is 4.39 Å². The number of likely N-dealkylation sites (tertiary alicyclic amines) is 1. The van der Waals surface area contributed by atoms with Gasteiger partial charge in [0.15, 0.2) is 0 Å². The van der Waals surface area contributed by atoms with E-state index in [0.29, 0.717) is 0 Å². The van der Waals surface area contributed by atoms with Gasteiger partial charge in [-0.25, -0.2) is 9.07 Å². The van der Waals surface area contributed by atoms with E-state index in [1.807, 2.05) is 31.5 Å². The summed E-state index contributed by atoms with van der Waals surface area (Å²) in [6, 6.07) is 8.77. The highest BCUT2D eigenvalue weighted by molar-refractivity contribution is 5.31. The number of halogens is 1. The molecule has 5 nitrogen and oxygen atoms in total. The average Bonchev–Trinajstić information content (AvgIpc) is 3.25. The number of hydrogen-bond acceptors (Lipinski definition) is 4. The Morgan fingerprint density at radius 3 is 3.00 bits per heavy atom. The first-order valence-corrected chi connectivity index (χ1v) is 8.66. The van der Waals surface area contributed by atoms with Gasteiger partial charge in [-0.3, -0.25) is 4.90 Å². The zero-order valence-electron chi connectivity index (χ0n) is 14.2. The van der Waals surface area contributed by atoms with Gasteiger partial charge in [-0.1, -0.05) is 17.6 Å². The molecule has 25 heavy (non-hydrogen) atoms. The van der Waals surface area contributed by atoms with Crippen LogP contribution >= 0.6 is 0 Å². The summed E-state index contributed by atoms with van der Waals surface area (Å²) in [7, 11) is 0. The highest BCUT2D eigenvalue weighted by atomic mass is 19.1. The van der Waals surface area contributed by atoms with E-state index in [4.69, 9.17) is 4.52 Å². The van der Waals surface area contributed by atoms with Crippen LogP contribution in [0.4, 0.5) is 4.39 Å². The first-order chi connectivity index (χ1) is 12.2. The maximum absolute atomic E-state index is 13.4. The van der Waals surface area contributed by atoms with Gasteiger partial charge >= 0.3 is 0 Å². The summed E-state index contributed by atoms with van der Waals surface area (Å²) in [4.78, 5) is 2.42. The van der Waals surface area contributed by atoms with Crippen molar-refractivity contribution in [3.05, 3.63) is 65.6 Å². The van der Waals surface area contributed by atoms with Crippen LogP contribution in [-0.2, 0) is 6.54 Å². The van der Waals surface area contributed by atoms with Gasteiger partial charge in [-0.05, 0) is 44.5 Å². The molecule has 0 spiro atoms. The quantitative estimate of drug-likeness (QED) is 0.719. The van der Waals surface area contributed by atoms with Gasteiger partial charge in [0.05, 0.1) is 17.9 Å². The second-order valence-electron chi connectivity index (χ2n) is 6.62. The summed E-state index contributed by atoms with van der Waals surface area (Å²) in [5.74, 6) is 0.589. The largest absolute Gasteiger partial charge is 0.361 e. The summed E-state index contributed by atoms with van der Waals surface area (Å²) in [6.45, 7) is 3.75. The Kier molecular flexibility index (Phi) is 4.36. The van der Waals surface area contributed by atoms with Crippen LogP contribution in [0.5, 0.6) is 0 Å². The first-order valence-electron chi connectivity index (χ1n) is 8.66. The zero-order chi connectivity index (χ0) is 17.2. The Hall–Kier alpha value is -2.47. The molecule has 130 valence electrons. The van der Waals surface area contributed by atoms with Crippen molar-refractivity contribution in [1.29, 1.82) is 0 Å². The number of nitrogens with zero attached hydrogens (tertiary/aromatic N) is 4. The van der Waals surface area contributed by atoms with Gasteiger partial charge in [0.2, 0.25) is 0 Å². The molecule has 1 aromatic carbocycles. The normalized spacial score (nSPS) is 18.6. The third-order valence-electron chi connectivity index (χ3n) is 4.70. The van der Waals surface area contributed by atoms with E-state index in [0.717, 1.165) is 42.2 Å². The van der Waals surface area contributed by atoms with Gasteiger partial charge in [0.1, 0.15) is 17.3 Å². The number of hydrogen-bond donors (Lipinski definition) is 0. The molecule has 0 aliphatic carbocycles. The molecule has 1 saturated heterocycles. The van der Waals surface area contributed by atoms with Gasteiger partial charge in [0, 0.05) is 24.4 Å². The van der Waals surface area contributed by atoms with E-state index in [2.05, 4.69) is 15.2 Å². The van der Waals surface area contributed by atoms with Crippen LogP contribution in [0.15, 0.2) is 47.2 Å². The summed E-state index contributed by atoms with van der Waals surface area (Å²) < 4.78 is 20.4.